The van der Waals surface area contributed by atoms with Crippen LogP contribution in [0.15, 0.2) is 11.6 Å². The van der Waals surface area contributed by atoms with Crippen LogP contribution in [0.4, 0.5) is 0 Å². The van der Waals surface area contributed by atoms with Gasteiger partial charge in [0.25, 0.3) is 0 Å². The van der Waals surface area contributed by atoms with Gasteiger partial charge in [-0.3, -0.25) is 0 Å². The average Bonchev–Trinajstić information content (AvgIpc) is 3.05. The van der Waals surface area contributed by atoms with Gasteiger partial charge >= 0.3 is 0 Å². The first-order valence-electron chi connectivity index (χ1n) is 13.9. The third-order valence-electron chi connectivity index (χ3n) is 10.9. The molecule has 3 saturated carbocycles. The highest BCUT2D eigenvalue weighted by molar-refractivity contribution is 5.14. The maximum absolute atomic E-state index is 10.8. The fourth-order valence-electron chi connectivity index (χ4n) is 7.83. The molecule has 9 atom stereocenters. The van der Waals surface area contributed by atoms with Crippen LogP contribution in [0.3, 0.4) is 0 Å². The first kappa shape index (κ1) is 26.3. The molecule has 3 fully saturated rings. The molecule has 3 aliphatic rings. The zero-order valence-corrected chi connectivity index (χ0v) is 22.6. The van der Waals surface area contributed by atoms with Crippen LogP contribution in [0.1, 0.15) is 120 Å². The van der Waals surface area contributed by atoms with Crippen molar-refractivity contribution >= 4 is 0 Å². The van der Waals surface area contributed by atoms with Gasteiger partial charge in [-0.25, -0.2) is 0 Å². The van der Waals surface area contributed by atoms with E-state index in [1.165, 1.54) is 37.7 Å². The van der Waals surface area contributed by atoms with Crippen molar-refractivity contribution in [2.75, 3.05) is 0 Å². The van der Waals surface area contributed by atoms with Crippen LogP contribution in [0, 0.1) is 46.8 Å². The lowest BCUT2D eigenvalue weighted by molar-refractivity contribution is -0.0190. The lowest BCUT2D eigenvalue weighted by Crippen LogP contribution is -2.42. The van der Waals surface area contributed by atoms with E-state index in [0.29, 0.717) is 23.2 Å². The highest BCUT2D eigenvalue weighted by Crippen LogP contribution is 2.62. The molecule has 2 heteroatoms. The molecule has 0 saturated heterocycles. The maximum atomic E-state index is 10.8. The normalized spacial score (nSPS) is 44.5. The van der Waals surface area contributed by atoms with E-state index >= 15 is 0 Å². The van der Waals surface area contributed by atoms with Gasteiger partial charge in [0.2, 0.25) is 0 Å². The van der Waals surface area contributed by atoms with E-state index in [0.717, 1.165) is 55.8 Å². The maximum Gasteiger partial charge on any atom is 0.0657 e. The van der Waals surface area contributed by atoms with E-state index in [-0.39, 0.29) is 0 Å². The molecule has 0 radical (unpaired) electrons. The Bertz CT molecular complexity index is 660. The molecule has 186 valence electrons. The predicted molar refractivity (Wildman–Crippen MR) is 136 cm³/mol. The Hall–Kier alpha value is -0.340. The minimum absolute atomic E-state index is 0.317. The van der Waals surface area contributed by atoms with Crippen molar-refractivity contribution < 1.29 is 10.2 Å². The number of hydrogen-bond acceptors (Lipinski definition) is 2. The van der Waals surface area contributed by atoms with Crippen LogP contribution in [-0.2, 0) is 0 Å². The molecule has 2 nitrogen and oxygen atoms in total. The van der Waals surface area contributed by atoms with E-state index in [1.807, 2.05) is 13.8 Å². The van der Waals surface area contributed by atoms with Gasteiger partial charge in [0.1, 0.15) is 0 Å². The Morgan fingerprint density at radius 1 is 1.06 bits per heavy atom. The van der Waals surface area contributed by atoms with Crippen LogP contribution in [0.25, 0.3) is 0 Å². The first-order valence-corrected chi connectivity index (χ1v) is 13.9. The summed E-state index contributed by atoms with van der Waals surface area (Å²) >= 11 is 0. The summed E-state index contributed by atoms with van der Waals surface area (Å²) in [4.78, 5) is 0. The summed E-state index contributed by atoms with van der Waals surface area (Å²) in [7, 11) is 0. The minimum Gasteiger partial charge on any atom is -0.390 e. The second-order valence-corrected chi connectivity index (χ2v) is 13.6. The van der Waals surface area contributed by atoms with E-state index in [9.17, 15) is 10.2 Å². The van der Waals surface area contributed by atoms with Gasteiger partial charge in [0.05, 0.1) is 11.2 Å². The van der Waals surface area contributed by atoms with E-state index in [1.54, 1.807) is 0 Å². The Balaban J connectivity index is 1.69. The smallest absolute Gasteiger partial charge is 0.0657 e. The molecule has 0 amide bonds. The highest BCUT2D eigenvalue weighted by atomic mass is 16.3. The number of fused-ring (bicyclic) bond motifs is 1. The van der Waals surface area contributed by atoms with E-state index < -0.39 is 11.2 Å². The fourth-order valence-corrected chi connectivity index (χ4v) is 7.83. The number of allylic oxidation sites excluding steroid dienone is 1. The summed E-state index contributed by atoms with van der Waals surface area (Å²) in [5.41, 5.74) is 0.930. The molecule has 0 spiro atoms. The minimum atomic E-state index is -0.541. The summed E-state index contributed by atoms with van der Waals surface area (Å²) < 4.78 is 0. The van der Waals surface area contributed by atoms with Gasteiger partial charge in [-0.2, -0.15) is 0 Å². The quantitative estimate of drug-likeness (QED) is 0.392. The molecular formula is C30H54O2. The summed E-state index contributed by atoms with van der Waals surface area (Å²) in [6.45, 7) is 18.3. The van der Waals surface area contributed by atoms with Crippen LogP contribution in [-0.4, -0.2) is 21.4 Å². The van der Waals surface area contributed by atoms with Gasteiger partial charge in [-0.05, 0) is 125 Å². The van der Waals surface area contributed by atoms with Crippen molar-refractivity contribution in [3.05, 3.63) is 11.6 Å². The molecule has 1 unspecified atom stereocenters. The Kier molecular flexibility index (Phi) is 7.98. The molecule has 3 aliphatic carbocycles. The summed E-state index contributed by atoms with van der Waals surface area (Å²) in [5, 5.41) is 21.4. The van der Waals surface area contributed by atoms with Crippen molar-refractivity contribution in [3.63, 3.8) is 0 Å². The van der Waals surface area contributed by atoms with Crippen LogP contribution < -0.4 is 0 Å². The van der Waals surface area contributed by atoms with Gasteiger partial charge in [-0.1, -0.05) is 53.2 Å². The Morgan fingerprint density at radius 3 is 2.41 bits per heavy atom. The second-order valence-electron chi connectivity index (χ2n) is 13.6. The van der Waals surface area contributed by atoms with Crippen molar-refractivity contribution in [2.24, 2.45) is 46.8 Å². The lowest BCUT2D eigenvalue weighted by atomic mass is 9.56. The van der Waals surface area contributed by atoms with Gasteiger partial charge in [0, 0.05) is 0 Å². The van der Waals surface area contributed by atoms with E-state index in [4.69, 9.17) is 0 Å². The zero-order chi connectivity index (χ0) is 23.9. The molecule has 0 heterocycles. The molecule has 0 aromatic carbocycles. The SMILES string of the molecule is CC(C)C(C)(O)CC[C@@H](C)[C@H]1CC[C@H]2[C@H](C/C=C3/C[C@@](C)(O)CC[C@H]3C)[C@@H](C)CC[C@]12C. The molecule has 2 N–H and O–H groups in total. The monoisotopic (exact) mass is 446 g/mol. The number of hydrogen-bond donors (Lipinski definition) is 2. The number of rotatable bonds is 7. The van der Waals surface area contributed by atoms with Crippen LogP contribution in [0.2, 0.25) is 0 Å². The number of aliphatic hydroxyl groups is 2. The average molecular weight is 447 g/mol. The van der Waals surface area contributed by atoms with Crippen LogP contribution >= 0.6 is 0 Å². The lowest BCUT2D eigenvalue weighted by Gasteiger charge is -2.49. The molecule has 3 rings (SSSR count). The van der Waals surface area contributed by atoms with Crippen molar-refractivity contribution in [1.29, 1.82) is 0 Å². The standard InChI is InChI=1S/C30H54O2/c1-20(2)30(8,32)18-15-23(5)26-11-12-27-25(22(4)14-17-29(26,27)7)10-9-24-19-28(6,31)16-13-21(24)3/h9,20-23,25-27,31-32H,10-19H2,1-8H3/b24-9-/t21-,22+,23-,25-,26-,27+,28+,29-,30?/m1/s1. The Morgan fingerprint density at radius 2 is 1.75 bits per heavy atom. The summed E-state index contributed by atoms with van der Waals surface area (Å²) in [6, 6.07) is 0. The van der Waals surface area contributed by atoms with E-state index in [2.05, 4.69) is 47.6 Å². The second kappa shape index (κ2) is 9.73. The highest BCUT2D eigenvalue weighted by Gasteiger charge is 2.53. The molecule has 0 aromatic rings. The van der Waals surface area contributed by atoms with Gasteiger partial charge < -0.3 is 10.2 Å². The first-order chi connectivity index (χ1) is 14.8. The van der Waals surface area contributed by atoms with Gasteiger partial charge in [-0.15, -0.1) is 0 Å². The molecule has 32 heavy (non-hydrogen) atoms. The third kappa shape index (κ3) is 5.48. The molecule has 0 bridgehead atoms. The summed E-state index contributed by atoms with van der Waals surface area (Å²) in [6.07, 6.45) is 14.3. The largest absolute Gasteiger partial charge is 0.390 e. The van der Waals surface area contributed by atoms with Crippen LogP contribution in [0.5, 0.6) is 0 Å². The molecule has 0 aliphatic heterocycles. The Labute approximate surface area is 199 Å². The molecule has 0 aromatic heterocycles. The fraction of sp³-hybridized carbons (Fsp3) is 0.933. The molecular weight excluding hydrogens is 392 g/mol. The third-order valence-corrected chi connectivity index (χ3v) is 10.9. The predicted octanol–water partition coefficient (Wildman–Crippen LogP) is 7.78. The topological polar surface area (TPSA) is 40.5 Å². The van der Waals surface area contributed by atoms with Crippen molar-refractivity contribution in [1.82, 2.24) is 0 Å². The van der Waals surface area contributed by atoms with Crippen molar-refractivity contribution in [3.8, 4) is 0 Å². The van der Waals surface area contributed by atoms with Gasteiger partial charge in [0.15, 0.2) is 0 Å². The zero-order valence-electron chi connectivity index (χ0n) is 22.6. The summed E-state index contributed by atoms with van der Waals surface area (Å²) in [5.74, 6) is 4.86. The van der Waals surface area contributed by atoms with Crippen molar-refractivity contribution in [2.45, 2.75) is 131 Å².